The molecule has 0 saturated heterocycles. The van der Waals surface area contributed by atoms with Crippen molar-refractivity contribution in [2.45, 2.75) is 39.0 Å². The average molecular weight is 275 g/mol. The second-order valence-corrected chi connectivity index (χ2v) is 5.22. The molecular weight excluding hydrogens is 257 g/mol. The van der Waals surface area contributed by atoms with Gasteiger partial charge in [-0.05, 0) is 37.5 Å². The van der Waals surface area contributed by atoms with Gasteiger partial charge in [0.25, 0.3) is 0 Å². The molecule has 106 valence electrons. The van der Waals surface area contributed by atoms with Crippen LogP contribution in [0.5, 0.6) is 5.75 Å². The Kier molecular flexibility index (Phi) is 3.74. The first kappa shape index (κ1) is 13.2. The zero-order valence-corrected chi connectivity index (χ0v) is 11.5. The van der Waals surface area contributed by atoms with Crippen molar-refractivity contribution in [1.29, 1.82) is 0 Å². The standard InChI is InChI=1S/C16H18FNO2/c1-11-2-3-13(17)8-15(11)20-10-12-6-7-19-16(12)9-18-14-4-5-14/h2-3,6-8,14,18H,4-5,9-10H2,1H3. The Balaban J connectivity index is 1.62. The van der Waals surface area contributed by atoms with E-state index >= 15 is 0 Å². The maximum Gasteiger partial charge on any atom is 0.126 e. The third kappa shape index (κ3) is 3.20. The number of hydrogen-bond donors (Lipinski definition) is 1. The summed E-state index contributed by atoms with van der Waals surface area (Å²) in [4.78, 5) is 0. The summed E-state index contributed by atoms with van der Waals surface area (Å²) in [6.45, 7) is 3.01. The zero-order valence-electron chi connectivity index (χ0n) is 11.5. The molecule has 1 aliphatic carbocycles. The van der Waals surface area contributed by atoms with Crippen LogP contribution >= 0.6 is 0 Å². The molecular formula is C16H18FNO2. The quantitative estimate of drug-likeness (QED) is 0.875. The Morgan fingerprint density at radius 2 is 2.20 bits per heavy atom. The Morgan fingerprint density at radius 3 is 3.00 bits per heavy atom. The Bertz CT molecular complexity index is 590. The van der Waals surface area contributed by atoms with Crippen LogP contribution < -0.4 is 10.1 Å². The highest BCUT2D eigenvalue weighted by molar-refractivity contribution is 5.33. The Morgan fingerprint density at radius 1 is 1.35 bits per heavy atom. The molecule has 1 N–H and O–H groups in total. The molecule has 0 unspecified atom stereocenters. The van der Waals surface area contributed by atoms with Crippen LogP contribution in [0.15, 0.2) is 34.9 Å². The fourth-order valence-corrected chi connectivity index (χ4v) is 2.06. The molecule has 1 aromatic carbocycles. The molecule has 0 atom stereocenters. The molecule has 1 saturated carbocycles. The van der Waals surface area contributed by atoms with Crippen LogP contribution in [-0.4, -0.2) is 6.04 Å². The fourth-order valence-electron chi connectivity index (χ4n) is 2.06. The molecule has 2 aromatic rings. The molecule has 20 heavy (non-hydrogen) atoms. The van der Waals surface area contributed by atoms with Gasteiger partial charge in [-0.3, -0.25) is 0 Å². The van der Waals surface area contributed by atoms with E-state index < -0.39 is 0 Å². The third-order valence-electron chi connectivity index (χ3n) is 3.50. The van der Waals surface area contributed by atoms with Crippen LogP contribution in [0, 0.1) is 12.7 Å². The van der Waals surface area contributed by atoms with Crippen molar-refractivity contribution in [3.8, 4) is 5.75 Å². The van der Waals surface area contributed by atoms with Crippen molar-refractivity contribution < 1.29 is 13.5 Å². The molecule has 1 fully saturated rings. The molecule has 3 rings (SSSR count). The van der Waals surface area contributed by atoms with E-state index in [1.807, 2.05) is 13.0 Å². The smallest absolute Gasteiger partial charge is 0.126 e. The van der Waals surface area contributed by atoms with Crippen molar-refractivity contribution in [3.05, 3.63) is 53.2 Å². The van der Waals surface area contributed by atoms with E-state index in [0.717, 1.165) is 23.4 Å². The molecule has 0 amide bonds. The zero-order chi connectivity index (χ0) is 13.9. The van der Waals surface area contributed by atoms with E-state index in [1.165, 1.54) is 25.0 Å². The van der Waals surface area contributed by atoms with Gasteiger partial charge in [-0.1, -0.05) is 6.07 Å². The minimum absolute atomic E-state index is 0.284. The maximum absolute atomic E-state index is 13.2. The summed E-state index contributed by atoms with van der Waals surface area (Å²) < 4.78 is 24.4. The summed E-state index contributed by atoms with van der Waals surface area (Å²) in [6.07, 6.45) is 4.16. The number of rotatable bonds is 6. The van der Waals surface area contributed by atoms with E-state index in [2.05, 4.69) is 5.32 Å². The van der Waals surface area contributed by atoms with Gasteiger partial charge >= 0.3 is 0 Å². The van der Waals surface area contributed by atoms with Crippen molar-refractivity contribution in [3.63, 3.8) is 0 Å². The van der Waals surface area contributed by atoms with Crippen molar-refractivity contribution in [1.82, 2.24) is 5.32 Å². The summed E-state index contributed by atoms with van der Waals surface area (Å²) in [5, 5.41) is 3.41. The summed E-state index contributed by atoms with van der Waals surface area (Å²) in [5.74, 6) is 1.19. The highest BCUT2D eigenvalue weighted by atomic mass is 19.1. The normalized spacial score (nSPS) is 14.5. The second kappa shape index (κ2) is 5.67. The summed E-state index contributed by atoms with van der Waals surface area (Å²) >= 11 is 0. The molecule has 4 heteroatoms. The first-order chi connectivity index (χ1) is 9.72. The van der Waals surface area contributed by atoms with Gasteiger partial charge in [0, 0.05) is 17.7 Å². The third-order valence-corrected chi connectivity index (χ3v) is 3.50. The van der Waals surface area contributed by atoms with Gasteiger partial charge in [0.2, 0.25) is 0 Å². The monoisotopic (exact) mass is 275 g/mol. The minimum Gasteiger partial charge on any atom is -0.488 e. The van der Waals surface area contributed by atoms with E-state index in [9.17, 15) is 4.39 Å². The van der Waals surface area contributed by atoms with Gasteiger partial charge in [-0.2, -0.15) is 0 Å². The SMILES string of the molecule is Cc1ccc(F)cc1OCc1ccoc1CNC1CC1. The molecule has 3 nitrogen and oxygen atoms in total. The first-order valence-corrected chi connectivity index (χ1v) is 6.90. The van der Waals surface area contributed by atoms with Gasteiger partial charge in [0.15, 0.2) is 0 Å². The predicted molar refractivity (Wildman–Crippen MR) is 74.0 cm³/mol. The van der Waals surface area contributed by atoms with Gasteiger partial charge in [-0.25, -0.2) is 4.39 Å². The van der Waals surface area contributed by atoms with E-state index in [1.54, 1.807) is 12.3 Å². The second-order valence-electron chi connectivity index (χ2n) is 5.22. The highest BCUT2D eigenvalue weighted by Gasteiger charge is 2.21. The summed E-state index contributed by atoms with van der Waals surface area (Å²) in [6, 6.07) is 7.11. The summed E-state index contributed by atoms with van der Waals surface area (Å²) in [7, 11) is 0. The summed E-state index contributed by atoms with van der Waals surface area (Å²) in [5.41, 5.74) is 1.93. The van der Waals surface area contributed by atoms with Crippen LogP contribution in [0.2, 0.25) is 0 Å². The molecule has 0 aliphatic heterocycles. The predicted octanol–water partition coefficient (Wildman–Crippen LogP) is 3.56. The number of furan rings is 1. The Hall–Kier alpha value is -1.81. The number of benzene rings is 1. The van der Waals surface area contributed by atoms with Gasteiger partial charge in [-0.15, -0.1) is 0 Å². The van der Waals surface area contributed by atoms with Gasteiger partial charge in [0.05, 0.1) is 12.8 Å². The molecule has 1 heterocycles. The van der Waals surface area contributed by atoms with Gasteiger partial charge < -0.3 is 14.5 Å². The molecule has 0 radical (unpaired) electrons. The number of hydrogen-bond acceptors (Lipinski definition) is 3. The molecule has 0 bridgehead atoms. The molecule has 1 aromatic heterocycles. The maximum atomic E-state index is 13.2. The van der Waals surface area contributed by atoms with Gasteiger partial charge in [0.1, 0.15) is 23.9 Å². The van der Waals surface area contributed by atoms with Crippen LogP contribution in [0.4, 0.5) is 4.39 Å². The number of ether oxygens (including phenoxy) is 1. The highest BCUT2D eigenvalue weighted by Crippen LogP contribution is 2.23. The Labute approximate surface area is 117 Å². The van der Waals surface area contributed by atoms with E-state index in [-0.39, 0.29) is 5.82 Å². The van der Waals surface area contributed by atoms with Crippen LogP contribution in [0.3, 0.4) is 0 Å². The fraction of sp³-hybridized carbons (Fsp3) is 0.375. The number of nitrogens with one attached hydrogen (secondary N) is 1. The van der Waals surface area contributed by atoms with Crippen LogP contribution in [0.1, 0.15) is 29.7 Å². The lowest BCUT2D eigenvalue weighted by molar-refractivity contribution is 0.297. The number of halogens is 1. The minimum atomic E-state index is -0.284. The van der Waals surface area contributed by atoms with E-state index in [4.69, 9.17) is 9.15 Å². The average Bonchev–Trinajstić information content (AvgIpc) is 3.16. The van der Waals surface area contributed by atoms with Crippen molar-refractivity contribution >= 4 is 0 Å². The topological polar surface area (TPSA) is 34.4 Å². The van der Waals surface area contributed by atoms with Crippen molar-refractivity contribution in [2.24, 2.45) is 0 Å². The van der Waals surface area contributed by atoms with Crippen LogP contribution in [0.25, 0.3) is 0 Å². The lowest BCUT2D eigenvalue weighted by Gasteiger charge is -2.09. The van der Waals surface area contributed by atoms with Crippen molar-refractivity contribution in [2.75, 3.05) is 0 Å². The van der Waals surface area contributed by atoms with Crippen LogP contribution in [-0.2, 0) is 13.2 Å². The molecule has 0 spiro atoms. The lowest BCUT2D eigenvalue weighted by atomic mass is 10.2. The number of aryl methyl sites for hydroxylation is 1. The van der Waals surface area contributed by atoms with E-state index in [0.29, 0.717) is 18.4 Å². The largest absolute Gasteiger partial charge is 0.488 e. The lowest BCUT2D eigenvalue weighted by Crippen LogP contribution is -2.16. The first-order valence-electron chi connectivity index (χ1n) is 6.90. The molecule has 1 aliphatic rings.